The predicted octanol–water partition coefficient (Wildman–Crippen LogP) is 4.67. The van der Waals surface area contributed by atoms with Crippen molar-refractivity contribution in [2.45, 2.75) is 63.7 Å². The van der Waals surface area contributed by atoms with Gasteiger partial charge in [0.15, 0.2) is 0 Å². The van der Waals surface area contributed by atoms with Crippen LogP contribution in [0.1, 0.15) is 67.7 Å². The molecule has 2 N–H and O–H groups in total. The minimum absolute atomic E-state index is 0.0353. The van der Waals surface area contributed by atoms with Gasteiger partial charge in [-0.25, -0.2) is 9.97 Å². The van der Waals surface area contributed by atoms with Gasteiger partial charge in [0.2, 0.25) is 0 Å². The number of carbonyl (C=O) groups is 1. The van der Waals surface area contributed by atoms with Crippen LogP contribution in [-0.4, -0.2) is 53.9 Å². The molecule has 0 spiro atoms. The second kappa shape index (κ2) is 11.4. The Labute approximate surface area is 208 Å². The van der Waals surface area contributed by atoms with E-state index in [4.69, 9.17) is 14.7 Å². The summed E-state index contributed by atoms with van der Waals surface area (Å²) < 4.78 is 5.44. The molecule has 0 aromatic carbocycles. The van der Waals surface area contributed by atoms with E-state index in [1.165, 1.54) is 30.5 Å². The van der Waals surface area contributed by atoms with Crippen LogP contribution in [0.15, 0.2) is 30.5 Å². The topological polar surface area (TPSA) is 87.6 Å². The molecule has 2 aromatic heterocycles. The minimum Gasteiger partial charge on any atom is -0.481 e. The van der Waals surface area contributed by atoms with Crippen molar-refractivity contribution in [1.29, 1.82) is 0 Å². The summed E-state index contributed by atoms with van der Waals surface area (Å²) in [5, 5.41) is 13.1. The van der Waals surface area contributed by atoms with Crippen molar-refractivity contribution in [3.05, 3.63) is 47.3 Å². The second-order valence-electron chi connectivity index (χ2n) is 10.4. The van der Waals surface area contributed by atoms with Crippen LogP contribution in [0.2, 0.25) is 0 Å². The van der Waals surface area contributed by atoms with Crippen LogP contribution >= 0.6 is 0 Å². The first kappa shape index (κ1) is 24.0. The number of anilines is 2. The van der Waals surface area contributed by atoms with Crippen molar-refractivity contribution in [3.8, 4) is 0 Å². The van der Waals surface area contributed by atoms with E-state index in [2.05, 4.69) is 34.5 Å². The SMILES string of the molecule is O=C(O)CC(c1ccc(N2CCOCC2)nc1)C1CCC(CCc2ccc3c(n2)NCCC3)CC1. The van der Waals surface area contributed by atoms with Crippen LogP contribution in [0.4, 0.5) is 11.6 Å². The monoisotopic (exact) mass is 478 g/mol. The number of carboxylic acids is 1. The zero-order valence-corrected chi connectivity index (χ0v) is 20.6. The molecule has 2 aromatic rings. The predicted molar refractivity (Wildman–Crippen MR) is 137 cm³/mol. The van der Waals surface area contributed by atoms with Gasteiger partial charge in [0.05, 0.1) is 19.6 Å². The number of fused-ring (bicyclic) bond motifs is 1. The number of aliphatic carboxylic acids is 1. The van der Waals surface area contributed by atoms with Crippen LogP contribution in [-0.2, 0) is 22.4 Å². The summed E-state index contributed by atoms with van der Waals surface area (Å²) in [6.07, 6.45) is 11.1. The lowest BCUT2D eigenvalue weighted by atomic mass is 9.71. The van der Waals surface area contributed by atoms with E-state index in [1.54, 1.807) is 0 Å². The number of carboxylic acid groups (broad SMARTS) is 1. The molecule has 1 atom stereocenters. The van der Waals surface area contributed by atoms with Crippen molar-refractivity contribution < 1.29 is 14.6 Å². The lowest BCUT2D eigenvalue weighted by Gasteiger charge is -2.34. The second-order valence-corrected chi connectivity index (χ2v) is 10.4. The molecular weight excluding hydrogens is 440 g/mol. The third kappa shape index (κ3) is 6.13. The molecule has 2 fully saturated rings. The Bertz CT molecular complexity index is 982. The van der Waals surface area contributed by atoms with Gasteiger partial charge in [-0.1, -0.05) is 25.0 Å². The first-order chi connectivity index (χ1) is 17.2. The van der Waals surface area contributed by atoms with E-state index in [-0.39, 0.29) is 12.3 Å². The fourth-order valence-electron chi connectivity index (χ4n) is 6.08. The molecule has 0 bridgehead atoms. The Kier molecular flexibility index (Phi) is 7.82. The number of nitrogens with one attached hydrogen (secondary N) is 1. The van der Waals surface area contributed by atoms with E-state index < -0.39 is 5.97 Å². The third-order valence-corrected chi connectivity index (χ3v) is 8.15. The van der Waals surface area contributed by atoms with E-state index in [0.717, 1.165) is 82.2 Å². The van der Waals surface area contributed by atoms with Crippen molar-refractivity contribution in [2.75, 3.05) is 43.1 Å². The molecular formula is C28H38N4O3. The highest BCUT2D eigenvalue weighted by Gasteiger charge is 2.30. The van der Waals surface area contributed by atoms with Gasteiger partial charge in [-0.15, -0.1) is 0 Å². The standard InChI is InChI=1S/C28H38N4O3/c33-27(34)18-25(23-9-12-26(30-19-23)32-14-16-35-17-15-32)21-6-3-20(4-7-21)5-10-24-11-8-22-2-1-13-29-28(22)31-24/h8-9,11-12,19-21,25H,1-7,10,13-18H2,(H,29,31)(H,33,34). The molecule has 4 heterocycles. The fourth-order valence-corrected chi connectivity index (χ4v) is 6.08. The minimum atomic E-state index is -0.721. The maximum absolute atomic E-state index is 11.7. The molecule has 1 aliphatic carbocycles. The number of morpholine rings is 1. The molecule has 188 valence electrons. The maximum atomic E-state index is 11.7. The smallest absolute Gasteiger partial charge is 0.303 e. The number of nitrogens with zero attached hydrogens (tertiary/aromatic N) is 3. The van der Waals surface area contributed by atoms with E-state index in [0.29, 0.717) is 11.8 Å². The molecule has 0 amide bonds. The summed E-state index contributed by atoms with van der Waals surface area (Å²) in [4.78, 5) is 23.5. The number of hydrogen-bond donors (Lipinski definition) is 2. The summed E-state index contributed by atoms with van der Waals surface area (Å²) in [5.74, 6) is 2.46. The Morgan fingerprint density at radius 3 is 2.71 bits per heavy atom. The Morgan fingerprint density at radius 1 is 1.14 bits per heavy atom. The molecule has 35 heavy (non-hydrogen) atoms. The van der Waals surface area contributed by atoms with E-state index in [9.17, 15) is 9.90 Å². The summed E-state index contributed by atoms with van der Waals surface area (Å²) >= 11 is 0. The number of aryl methyl sites for hydroxylation is 2. The van der Waals surface area contributed by atoms with Gasteiger partial charge in [-0.3, -0.25) is 4.79 Å². The van der Waals surface area contributed by atoms with Crippen molar-refractivity contribution >= 4 is 17.6 Å². The highest BCUT2D eigenvalue weighted by Crippen LogP contribution is 2.41. The van der Waals surface area contributed by atoms with Crippen LogP contribution in [0.3, 0.4) is 0 Å². The number of rotatable bonds is 8. The largest absolute Gasteiger partial charge is 0.481 e. The summed E-state index contributed by atoms with van der Waals surface area (Å²) in [6.45, 7) is 4.19. The molecule has 1 unspecified atom stereocenters. The summed E-state index contributed by atoms with van der Waals surface area (Å²) in [5.41, 5.74) is 3.60. The van der Waals surface area contributed by atoms with Crippen molar-refractivity contribution in [1.82, 2.24) is 9.97 Å². The van der Waals surface area contributed by atoms with E-state index >= 15 is 0 Å². The Morgan fingerprint density at radius 2 is 1.97 bits per heavy atom. The number of hydrogen-bond acceptors (Lipinski definition) is 6. The molecule has 7 nitrogen and oxygen atoms in total. The average molecular weight is 479 g/mol. The molecule has 3 aliphatic rings. The maximum Gasteiger partial charge on any atom is 0.303 e. The van der Waals surface area contributed by atoms with Gasteiger partial charge >= 0.3 is 5.97 Å². The van der Waals surface area contributed by atoms with Gasteiger partial charge in [0.25, 0.3) is 0 Å². The van der Waals surface area contributed by atoms with Crippen LogP contribution in [0, 0.1) is 11.8 Å². The van der Waals surface area contributed by atoms with Gasteiger partial charge in [-0.2, -0.15) is 0 Å². The van der Waals surface area contributed by atoms with Gasteiger partial charge < -0.3 is 20.1 Å². The third-order valence-electron chi connectivity index (χ3n) is 8.15. The lowest BCUT2D eigenvalue weighted by molar-refractivity contribution is -0.137. The van der Waals surface area contributed by atoms with Crippen LogP contribution in [0.5, 0.6) is 0 Å². The van der Waals surface area contributed by atoms with Crippen LogP contribution < -0.4 is 10.2 Å². The van der Waals surface area contributed by atoms with Crippen molar-refractivity contribution in [3.63, 3.8) is 0 Å². The molecule has 7 heteroatoms. The Hall–Kier alpha value is -2.67. The quantitative estimate of drug-likeness (QED) is 0.570. The molecule has 5 rings (SSSR count). The highest BCUT2D eigenvalue weighted by atomic mass is 16.5. The van der Waals surface area contributed by atoms with Gasteiger partial charge in [-0.05, 0) is 79.5 Å². The first-order valence-electron chi connectivity index (χ1n) is 13.4. The first-order valence-corrected chi connectivity index (χ1v) is 13.4. The van der Waals surface area contributed by atoms with Crippen LogP contribution in [0.25, 0.3) is 0 Å². The highest BCUT2D eigenvalue weighted by molar-refractivity contribution is 5.68. The number of ether oxygens (including phenoxy) is 1. The summed E-state index contributed by atoms with van der Waals surface area (Å²) in [6, 6.07) is 8.61. The van der Waals surface area contributed by atoms with Crippen molar-refractivity contribution in [2.24, 2.45) is 11.8 Å². The molecule has 1 saturated carbocycles. The lowest BCUT2D eigenvalue weighted by Crippen LogP contribution is -2.36. The van der Waals surface area contributed by atoms with E-state index in [1.807, 2.05) is 6.20 Å². The fraction of sp³-hybridized carbons (Fsp3) is 0.607. The number of aromatic nitrogens is 2. The molecule has 1 saturated heterocycles. The molecule has 2 aliphatic heterocycles. The normalized spacial score (nSPS) is 23.3. The molecule has 0 radical (unpaired) electrons. The zero-order chi connectivity index (χ0) is 24.0. The van der Waals surface area contributed by atoms with Gasteiger partial charge in [0.1, 0.15) is 11.6 Å². The van der Waals surface area contributed by atoms with Gasteiger partial charge in [0, 0.05) is 31.5 Å². The average Bonchev–Trinajstić information content (AvgIpc) is 2.91. The number of pyridine rings is 2. The zero-order valence-electron chi connectivity index (χ0n) is 20.6. The Balaban J connectivity index is 1.16. The summed E-state index contributed by atoms with van der Waals surface area (Å²) in [7, 11) is 0.